The number of benzene rings is 2. The van der Waals surface area contributed by atoms with Gasteiger partial charge in [-0.05, 0) is 60.7 Å². The molecule has 0 aliphatic rings. The first-order valence-corrected chi connectivity index (χ1v) is 9.34. The molecule has 31 heavy (non-hydrogen) atoms. The van der Waals surface area contributed by atoms with E-state index in [1.54, 1.807) is 60.7 Å². The summed E-state index contributed by atoms with van der Waals surface area (Å²) in [4.78, 5) is 36.6. The van der Waals surface area contributed by atoms with Crippen LogP contribution in [-0.4, -0.2) is 24.8 Å². The number of methoxy groups -OCH3 is 1. The molecule has 0 spiro atoms. The van der Waals surface area contributed by atoms with Gasteiger partial charge in [-0.25, -0.2) is 0 Å². The summed E-state index contributed by atoms with van der Waals surface area (Å²) in [6.45, 7) is 1.41. The predicted molar refractivity (Wildman–Crippen MR) is 117 cm³/mol. The molecule has 0 aliphatic heterocycles. The number of amides is 3. The van der Waals surface area contributed by atoms with Crippen molar-refractivity contribution in [2.24, 2.45) is 0 Å². The Hall–Kier alpha value is -4.33. The van der Waals surface area contributed by atoms with Crippen LogP contribution in [0.4, 0.5) is 11.4 Å². The lowest BCUT2D eigenvalue weighted by atomic mass is 10.2. The number of nitrogens with one attached hydrogen (secondary N) is 3. The Bertz CT molecular complexity index is 1090. The minimum absolute atomic E-state index is 0.00158. The summed E-state index contributed by atoms with van der Waals surface area (Å²) in [7, 11) is 1.53. The summed E-state index contributed by atoms with van der Waals surface area (Å²) in [5.41, 5.74) is 1.45. The van der Waals surface area contributed by atoms with Crippen molar-refractivity contribution in [1.82, 2.24) is 5.32 Å². The molecular formula is C23H21N3O5. The molecular weight excluding hydrogens is 398 g/mol. The molecule has 0 unspecified atom stereocenters. The fourth-order valence-corrected chi connectivity index (χ4v) is 2.65. The van der Waals surface area contributed by atoms with Gasteiger partial charge in [0.1, 0.15) is 17.2 Å². The largest absolute Gasteiger partial charge is 0.497 e. The van der Waals surface area contributed by atoms with E-state index in [0.717, 1.165) is 0 Å². The Labute approximate surface area is 178 Å². The lowest BCUT2D eigenvalue weighted by molar-refractivity contribution is -0.114. The minimum atomic E-state index is -0.537. The van der Waals surface area contributed by atoms with Crippen LogP contribution < -0.4 is 20.7 Å². The van der Waals surface area contributed by atoms with Gasteiger partial charge >= 0.3 is 0 Å². The van der Waals surface area contributed by atoms with Gasteiger partial charge in [0.25, 0.3) is 11.8 Å². The summed E-state index contributed by atoms with van der Waals surface area (Å²) >= 11 is 0. The van der Waals surface area contributed by atoms with Crippen LogP contribution in [0.3, 0.4) is 0 Å². The van der Waals surface area contributed by atoms with Crippen molar-refractivity contribution in [2.75, 3.05) is 17.7 Å². The summed E-state index contributed by atoms with van der Waals surface area (Å²) in [6.07, 6.45) is 2.90. The van der Waals surface area contributed by atoms with Gasteiger partial charge in [0.2, 0.25) is 5.91 Å². The molecule has 3 aromatic rings. The molecule has 8 nitrogen and oxygen atoms in total. The Balaban J connectivity index is 1.77. The molecule has 1 aromatic heterocycles. The second-order valence-corrected chi connectivity index (χ2v) is 6.47. The Morgan fingerprint density at radius 3 is 2.10 bits per heavy atom. The molecule has 0 radical (unpaired) electrons. The van der Waals surface area contributed by atoms with Crippen LogP contribution in [0.25, 0.3) is 6.08 Å². The van der Waals surface area contributed by atoms with E-state index in [9.17, 15) is 14.4 Å². The van der Waals surface area contributed by atoms with Gasteiger partial charge < -0.3 is 25.1 Å². The molecule has 0 bridgehead atoms. The standard InChI is InChI=1S/C23H21N3O5/c1-15(27)24-17-7-9-18(10-8-17)25-23(29)21(14-20-4-3-13-31-20)26-22(28)16-5-11-19(30-2)12-6-16/h3-14H,1-2H3,(H,24,27)(H,25,29)(H,26,28)/b21-14-. The zero-order valence-corrected chi connectivity index (χ0v) is 17.0. The van der Waals surface area contributed by atoms with Gasteiger partial charge in [0.15, 0.2) is 0 Å². The van der Waals surface area contributed by atoms with Crippen LogP contribution in [0, 0.1) is 0 Å². The SMILES string of the molecule is COc1ccc(C(=O)N/C(=C\c2ccco2)C(=O)Nc2ccc(NC(C)=O)cc2)cc1. The Morgan fingerprint density at radius 1 is 0.903 bits per heavy atom. The monoisotopic (exact) mass is 419 g/mol. The van der Waals surface area contributed by atoms with Gasteiger partial charge in [0, 0.05) is 29.9 Å². The number of hydrogen-bond donors (Lipinski definition) is 3. The highest BCUT2D eigenvalue weighted by atomic mass is 16.5. The second kappa shape index (κ2) is 9.93. The third-order valence-electron chi connectivity index (χ3n) is 4.14. The second-order valence-electron chi connectivity index (χ2n) is 6.47. The first-order valence-electron chi connectivity index (χ1n) is 9.34. The van der Waals surface area contributed by atoms with Gasteiger partial charge in [-0.1, -0.05) is 0 Å². The summed E-state index contributed by atoms with van der Waals surface area (Å²) in [6, 6.07) is 16.4. The zero-order chi connectivity index (χ0) is 22.2. The molecule has 1 heterocycles. The maximum atomic E-state index is 12.8. The average molecular weight is 419 g/mol. The van der Waals surface area contributed by atoms with E-state index in [4.69, 9.17) is 9.15 Å². The Morgan fingerprint density at radius 2 is 1.55 bits per heavy atom. The van der Waals surface area contributed by atoms with Gasteiger partial charge in [-0.3, -0.25) is 14.4 Å². The van der Waals surface area contributed by atoms with Crippen LogP contribution in [0.2, 0.25) is 0 Å². The molecule has 0 aliphatic carbocycles. The van der Waals surface area contributed by atoms with Crippen molar-refractivity contribution in [3.05, 3.63) is 83.9 Å². The van der Waals surface area contributed by atoms with Crippen LogP contribution in [0.1, 0.15) is 23.0 Å². The fourth-order valence-electron chi connectivity index (χ4n) is 2.65. The highest BCUT2D eigenvalue weighted by molar-refractivity contribution is 6.10. The van der Waals surface area contributed by atoms with Crippen LogP contribution in [0.5, 0.6) is 5.75 Å². The minimum Gasteiger partial charge on any atom is -0.497 e. The molecule has 8 heteroatoms. The van der Waals surface area contributed by atoms with Crippen molar-refractivity contribution < 1.29 is 23.5 Å². The molecule has 3 amide bonds. The number of carbonyl (C=O) groups excluding carboxylic acids is 3. The summed E-state index contributed by atoms with van der Waals surface area (Å²) < 4.78 is 10.4. The van der Waals surface area contributed by atoms with E-state index in [2.05, 4.69) is 16.0 Å². The molecule has 0 fully saturated rings. The zero-order valence-electron chi connectivity index (χ0n) is 17.0. The maximum Gasteiger partial charge on any atom is 0.272 e. The van der Waals surface area contributed by atoms with Crippen molar-refractivity contribution in [3.63, 3.8) is 0 Å². The van der Waals surface area contributed by atoms with E-state index in [0.29, 0.717) is 28.4 Å². The number of carbonyl (C=O) groups is 3. The van der Waals surface area contributed by atoms with Crippen LogP contribution in [0.15, 0.2) is 77.0 Å². The first kappa shape index (κ1) is 21.4. The smallest absolute Gasteiger partial charge is 0.272 e. The summed E-state index contributed by atoms with van der Waals surface area (Å²) in [5, 5.41) is 7.98. The van der Waals surface area contributed by atoms with Gasteiger partial charge in [0.05, 0.1) is 13.4 Å². The molecule has 158 valence electrons. The molecule has 3 N–H and O–H groups in total. The van der Waals surface area contributed by atoms with E-state index >= 15 is 0 Å². The highest BCUT2D eigenvalue weighted by Gasteiger charge is 2.16. The van der Waals surface area contributed by atoms with Crippen molar-refractivity contribution in [1.29, 1.82) is 0 Å². The summed E-state index contributed by atoms with van der Waals surface area (Å²) in [5.74, 6) is -0.173. The normalized spacial score (nSPS) is 10.8. The highest BCUT2D eigenvalue weighted by Crippen LogP contribution is 2.16. The molecule has 0 saturated carbocycles. The lowest BCUT2D eigenvalue weighted by Gasteiger charge is -2.11. The van der Waals surface area contributed by atoms with Crippen LogP contribution in [-0.2, 0) is 9.59 Å². The van der Waals surface area contributed by atoms with E-state index < -0.39 is 11.8 Å². The Kier molecular flexibility index (Phi) is 6.85. The maximum absolute atomic E-state index is 12.8. The van der Waals surface area contributed by atoms with Gasteiger partial charge in [-0.2, -0.15) is 0 Å². The van der Waals surface area contributed by atoms with E-state index in [1.165, 1.54) is 26.4 Å². The third kappa shape index (κ3) is 6.07. The van der Waals surface area contributed by atoms with E-state index in [-0.39, 0.29) is 11.6 Å². The number of hydrogen-bond acceptors (Lipinski definition) is 5. The number of rotatable bonds is 7. The predicted octanol–water partition coefficient (Wildman–Crippen LogP) is 3.66. The average Bonchev–Trinajstić information content (AvgIpc) is 3.27. The quantitative estimate of drug-likeness (QED) is 0.507. The van der Waals surface area contributed by atoms with Crippen molar-refractivity contribution in [2.45, 2.75) is 6.92 Å². The number of furan rings is 1. The molecule has 0 saturated heterocycles. The third-order valence-corrected chi connectivity index (χ3v) is 4.14. The van der Waals surface area contributed by atoms with Crippen LogP contribution >= 0.6 is 0 Å². The van der Waals surface area contributed by atoms with Gasteiger partial charge in [-0.15, -0.1) is 0 Å². The van der Waals surface area contributed by atoms with Crippen molar-refractivity contribution in [3.8, 4) is 5.75 Å². The lowest BCUT2D eigenvalue weighted by Crippen LogP contribution is -2.30. The van der Waals surface area contributed by atoms with Crippen molar-refractivity contribution >= 4 is 35.2 Å². The first-order chi connectivity index (χ1) is 14.9. The molecule has 2 aromatic carbocycles. The topological polar surface area (TPSA) is 110 Å². The molecule has 3 rings (SSSR count). The number of ether oxygens (including phenoxy) is 1. The molecule has 0 atom stereocenters. The fraction of sp³-hybridized carbons (Fsp3) is 0.0870. The number of anilines is 2. The van der Waals surface area contributed by atoms with E-state index in [1.807, 2.05) is 0 Å².